The average Bonchev–Trinajstić information content (AvgIpc) is 2.53. The fourth-order valence-corrected chi connectivity index (χ4v) is 1.46. The van der Waals surface area contributed by atoms with Crippen LogP contribution in [-0.4, -0.2) is 14.8 Å². The molecule has 0 bridgehead atoms. The zero-order valence-electron chi connectivity index (χ0n) is 6.48. The number of hydrogen-bond donors (Lipinski definition) is 0. The first kappa shape index (κ1) is 8.72. The van der Waals surface area contributed by atoms with E-state index in [9.17, 15) is 0 Å². The van der Waals surface area contributed by atoms with Gasteiger partial charge in [-0.1, -0.05) is 11.6 Å². The highest BCUT2D eigenvalue weighted by atomic mass is 79.9. The fourth-order valence-electron chi connectivity index (χ4n) is 0.963. The van der Waals surface area contributed by atoms with Crippen molar-refractivity contribution in [1.82, 2.24) is 14.8 Å². The molecule has 66 valence electrons. The predicted octanol–water partition coefficient (Wildman–Crippen LogP) is 2.68. The van der Waals surface area contributed by atoms with Gasteiger partial charge in [-0.3, -0.25) is 0 Å². The lowest BCUT2D eigenvalue weighted by molar-refractivity contribution is 0.847. The lowest BCUT2D eigenvalue weighted by atomic mass is 10.4. The molecule has 2 rings (SSSR count). The van der Waals surface area contributed by atoms with Gasteiger partial charge in [0.2, 0.25) is 0 Å². The Labute approximate surface area is 88.5 Å². The number of aromatic nitrogens is 3. The van der Waals surface area contributed by atoms with E-state index in [4.69, 9.17) is 11.6 Å². The van der Waals surface area contributed by atoms with Crippen molar-refractivity contribution in [1.29, 1.82) is 0 Å². The first-order valence-corrected chi connectivity index (χ1v) is 4.75. The molecular weight excluding hydrogens is 253 g/mol. The van der Waals surface area contributed by atoms with Crippen molar-refractivity contribution < 1.29 is 0 Å². The molecule has 0 saturated heterocycles. The maximum Gasteiger partial charge on any atom is 0.172 e. The number of pyridine rings is 1. The Kier molecular flexibility index (Phi) is 2.33. The molecule has 0 spiro atoms. The van der Waals surface area contributed by atoms with Crippen molar-refractivity contribution in [2.45, 2.75) is 0 Å². The Morgan fingerprint density at radius 3 is 2.92 bits per heavy atom. The van der Waals surface area contributed by atoms with Crippen LogP contribution in [0.2, 0.25) is 5.02 Å². The van der Waals surface area contributed by atoms with E-state index in [-0.39, 0.29) is 0 Å². The lowest BCUT2D eigenvalue weighted by Crippen LogP contribution is -1.97. The predicted molar refractivity (Wildman–Crippen MR) is 54.1 cm³/mol. The number of rotatable bonds is 1. The van der Waals surface area contributed by atoms with Crippen LogP contribution in [0.15, 0.2) is 35.2 Å². The maximum atomic E-state index is 5.93. The molecule has 0 aliphatic rings. The zero-order valence-corrected chi connectivity index (χ0v) is 8.83. The summed E-state index contributed by atoms with van der Waals surface area (Å²) in [6.07, 6.45) is 5.16. The van der Waals surface area contributed by atoms with Gasteiger partial charge in [0.25, 0.3) is 0 Å². The first-order chi connectivity index (χ1) is 6.27. The van der Waals surface area contributed by atoms with E-state index in [2.05, 4.69) is 26.0 Å². The summed E-state index contributed by atoms with van der Waals surface area (Å²) in [5.74, 6) is 0.634. The molecule has 13 heavy (non-hydrogen) atoms. The van der Waals surface area contributed by atoms with Crippen LogP contribution >= 0.6 is 27.5 Å². The number of hydrogen-bond acceptors (Lipinski definition) is 2. The van der Waals surface area contributed by atoms with Crippen molar-refractivity contribution in [3.05, 3.63) is 40.2 Å². The van der Waals surface area contributed by atoms with Gasteiger partial charge in [0, 0.05) is 12.4 Å². The molecule has 0 amide bonds. The Balaban J connectivity index is 2.52. The van der Waals surface area contributed by atoms with E-state index < -0.39 is 0 Å². The summed E-state index contributed by atoms with van der Waals surface area (Å²) in [4.78, 5) is 4.11. The highest BCUT2D eigenvalue weighted by Crippen LogP contribution is 2.17. The van der Waals surface area contributed by atoms with Crippen LogP contribution in [0.4, 0.5) is 0 Å². The fraction of sp³-hybridized carbons (Fsp3) is 0. The van der Waals surface area contributed by atoms with Gasteiger partial charge in [-0.15, -0.1) is 0 Å². The quantitative estimate of drug-likeness (QED) is 0.787. The molecule has 0 saturated carbocycles. The summed E-state index contributed by atoms with van der Waals surface area (Å²) < 4.78 is 2.51. The van der Waals surface area contributed by atoms with Crippen LogP contribution in [-0.2, 0) is 0 Å². The first-order valence-electron chi connectivity index (χ1n) is 3.58. The van der Waals surface area contributed by atoms with Gasteiger partial charge in [-0.25, -0.2) is 9.67 Å². The van der Waals surface area contributed by atoms with E-state index in [1.54, 1.807) is 35.4 Å². The smallest absolute Gasteiger partial charge is 0.172 e. The summed E-state index contributed by atoms with van der Waals surface area (Å²) >= 11 is 9.23. The largest absolute Gasteiger partial charge is 0.236 e. The molecule has 2 heterocycles. The lowest BCUT2D eigenvalue weighted by Gasteiger charge is -2.00. The summed E-state index contributed by atoms with van der Waals surface area (Å²) in [7, 11) is 0. The molecule has 0 N–H and O–H groups in total. The van der Waals surface area contributed by atoms with Gasteiger partial charge in [-0.2, -0.15) is 5.10 Å². The standard InChI is InChI=1S/C8H5BrClN3/c9-6-4-12-13(5-6)8-7(10)2-1-3-11-8/h1-5H. The average molecular weight is 259 g/mol. The Morgan fingerprint density at radius 2 is 2.31 bits per heavy atom. The van der Waals surface area contributed by atoms with Gasteiger partial charge in [-0.05, 0) is 28.1 Å². The van der Waals surface area contributed by atoms with E-state index in [0.29, 0.717) is 10.8 Å². The SMILES string of the molecule is Clc1cccnc1-n1cc(Br)cn1. The minimum atomic E-state index is 0.582. The van der Waals surface area contributed by atoms with Gasteiger partial charge in [0.05, 0.1) is 15.7 Å². The molecule has 0 fully saturated rings. The summed E-state index contributed by atoms with van der Waals surface area (Å²) in [5.41, 5.74) is 0. The number of halogens is 2. The molecule has 0 atom stereocenters. The van der Waals surface area contributed by atoms with Crippen molar-refractivity contribution >= 4 is 27.5 Å². The summed E-state index contributed by atoms with van der Waals surface area (Å²) in [6, 6.07) is 3.56. The monoisotopic (exact) mass is 257 g/mol. The third-order valence-electron chi connectivity index (χ3n) is 1.51. The van der Waals surface area contributed by atoms with E-state index in [1.807, 2.05) is 0 Å². The molecule has 0 radical (unpaired) electrons. The third-order valence-corrected chi connectivity index (χ3v) is 2.21. The van der Waals surface area contributed by atoms with Crippen LogP contribution in [0, 0.1) is 0 Å². The summed E-state index contributed by atoms with van der Waals surface area (Å²) in [5, 5.41) is 4.65. The minimum Gasteiger partial charge on any atom is -0.236 e. The van der Waals surface area contributed by atoms with Gasteiger partial charge in [0.15, 0.2) is 5.82 Å². The highest BCUT2D eigenvalue weighted by Gasteiger charge is 2.03. The van der Waals surface area contributed by atoms with Gasteiger partial charge >= 0.3 is 0 Å². The van der Waals surface area contributed by atoms with E-state index in [0.717, 1.165) is 4.47 Å². The number of nitrogens with zero attached hydrogens (tertiary/aromatic N) is 3. The Bertz CT molecular complexity index is 427. The van der Waals surface area contributed by atoms with Crippen LogP contribution in [0.5, 0.6) is 0 Å². The van der Waals surface area contributed by atoms with Crippen molar-refractivity contribution in [2.75, 3.05) is 0 Å². The van der Waals surface area contributed by atoms with Crippen LogP contribution in [0.25, 0.3) is 5.82 Å². The van der Waals surface area contributed by atoms with Crippen molar-refractivity contribution in [3.63, 3.8) is 0 Å². The molecule has 5 heteroatoms. The normalized spacial score (nSPS) is 10.3. The maximum absolute atomic E-state index is 5.93. The van der Waals surface area contributed by atoms with Gasteiger partial charge in [0.1, 0.15) is 0 Å². The van der Waals surface area contributed by atoms with Gasteiger partial charge < -0.3 is 0 Å². The molecule has 3 nitrogen and oxygen atoms in total. The second-order valence-corrected chi connectivity index (χ2v) is 3.73. The van der Waals surface area contributed by atoms with E-state index in [1.165, 1.54) is 0 Å². The van der Waals surface area contributed by atoms with Crippen LogP contribution in [0.1, 0.15) is 0 Å². The molecule has 0 aliphatic carbocycles. The second-order valence-electron chi connectivity index (χ2n) is 2.41. The van der Waals surface area contributed by atoms with E-state index >= 15 is 0 Å². The molecule has 0 aromatic carbocycles. The zero-order chi connectivity index (χ0) is 9.26. The molecule has 0 aliphatic heterocycles. The van der Waals surface area contributed by atoms with Crippen molar-refractivity contribution in [3.8, 4) is 5.82 Å². The van der Waals surface area contributed by atoms with Crippen molar-refractivity contribution in [2.24, 2.45) is 0 Å². The highest BCUT2D eigenvalue weighted by molar-refractivity contribution is 9.10. The Hall–Kier alpha value is -0.870. The second kappa shape index (κ2) is 3.47. The third kappa shape index (κ3) is 1.73. The summed E-state index contributed by atoms with van der Waals surface area (Å²) in [6.45, 7) is 0. The van der Waals surface area contributed by atoms with Crippen LogP contribution in [0.3, 0.4) is 0 Å². The molecular formula is C8H5BrClN3. The minimum absolute atomic E-state index is 0.582. The molecule has 2 aromatic rings. The molecule has 0 unspecified atom stereocenters. The topological polar surface area (TPSA) is 30.7 Å². The van der Waals surface area contributed by atoms with Crippen LogP contribution < -0.4 is 0 Å². The Morgan fingerprint density at radius 1 is 1.46 bits per heavy atom. The molecule has 2 aromatic heterocycles.